The molecule has 0 spiro atoms. The Balaban J connectivity index is 2.07. The van der Waals surface area contributed by atoms with Crippen LogP contribution in [0.3, 0.4) is 0 Å². The molecule has 0 bridgehead atoms. The summed E-state index contributed by atoms with van der Waals surface area (Å²) in [6, 6.07) is 3.20. The first kappa shape index (κ1) is 19.7. The zero-order chi connectivity index (χ0) is 19.1. The van der Waals surface area contributed by atoms with Crippen LogP contribution in [0.2, 0.25) is 0 Å². The molecular weight excluding hydrogens is 338 g/mol. The number of carbonyl (C=O) groups is 1. The Morgan fingerprint density at radius 1 is 1.23 bits per heavy atom. The summed E-state index contributed by atoms with van der Waals surface area (Å²) in [4.78, 5) is 28.9. The molecule has 0 atom stereocenters. The molecule has 2 aromatic rings. The minimum atomic E-state index is -0.311. The van der Waals surface area contributed by atoms with E-state index in [9.17, 15) is 9.59 Å². The van der Waals surface area contributed by atoms with E-state index >= 15 is 0 Å². The van der Waals surface area contributed by atoms with Gasteiger partial charge in [-0.05, 0) is 26.3 Å². The summed E-state index contributed by atoms with van der Waals surface area (Å²) in [5.41, 5.74) is 0.171. The summed E-state index contributed by atoms with van der Waals surface area (Å²) in [6.07, 6.45) is 2.24. The summed E-state index contributed by atoms with van der Waals surface area (Å²) in [6.45, 7) is 4.90. The van der Waals surface area contributed by atoms with Crippen LogP contribution in [0.4, 0.5) is 0 Å². The van der Waals surface area contributed by atoms with Crippen LogP contribution >= 0.6 is 0 Å². The number of hydrogen-bond donors (Lipinski definition) is 1. The molecule has 0 aliphatic rings. The zero-order valence-electron chi connectivity index (χ0n) is 15.6. The zero-order valence-corrected chi connectivity index (χ0v) is 15.6. The van der Waals surface area contributed by atoms with Crippen LogP contribution in [-0.2, 0) is 16.1 Å². The van der Waals surface area contributed by atoms with E-state index in [1.807, 2.05) is 13.8 Å². The van der Waals surface area contributed by atoms with E-state index in [0.29, 0.717) is 42.0 Å². The predicted octanol–water partition coefficient (Wildman–Crippen LogP) is 1.34. The first-order chi connectivity index (χ1) is 12.5. The summed E-state index contributed by atoms with van der Waals surface area (Å²) in [7, 11) is 3.01. The quantitative estimate of drug-likeness (QED) is 0.676. The molecule has 1 heterocycles. The van der Waals surface area contributed by atoms with E-state index < -0.39 is 0 Å². The molecule has 26 heavy (non-hydrogen) atoms. The van der Waals surface area contributed by atoms with Gasteiger partial charge in [-0.15, -0.1) is 0 Å². The Morgan fingerprint density at radius 2 is 1.92 bits per heavy atom. The molecule has 0 unspecified atom stereocenters. The number of amides is 1. The molecule has 2 rings (SSSR count). The average molecular weight is 363 g/mol. The van der Waals surface area contributed by atoms with E-state index in [1.165, 1.54) is 25.1 Å². The Morgan fingerprint density at radius 3 is 2.58 bits per heavy atom. The van der Waals surface area contributed by atoms with Gasteiger partial charge in [-0.2, -0.15) is 0 Å². The van der Waals surface area contributed by atoms with Gasteiger partial charge in [0.05, 0.1) is 37.6 Å². The van der Waals surface area contributed by atoms with E-state index in [-0.39, 0.29) is 24.1 Å². The van der Waals surface area contributed by atoms with Gasteiger partial charge in [0.15, 0.2) is 11.5 Å². The van der Waals surface area contributed by atoms with Gasteiger partial charge in [0, 0.05) is 19.2 Å². The Labute approximate surface area is 152 Å². The first-order valence-corrected chi connectivity index (χ1v) is 8.45. The minimum absolute atomic E-state index is 0.0961. The highest BCUT2D eigenvalue weighted by Gasteiger charge is 2.12. The van der Waals surface area contributed by atoms with Crippen molar-refractivity contribution < 1.29 is 19.0 Å². The van der Waals surface area contributed by atoms with Crippen LogP contribution in [0.1, 0.15) is 20.3 Å². The molecule has 0 saturated carbocycles. The predicted molar refractivity (Wildman–Crippen MR) is 97.8 cm³/mol. The third kappa shape index (κ3) is 4.95. The molecule has 8 heteroatoms. The fraction of sp³-hybridized carbons (Fsp3) is 0.500. The second-order valence-corrected chi connectivity index (χ2v) is 6.03. The van der Waals surface area contributed by atoms with Gasteiger partial charge in [-0.3, -0.25) is 14.2 Å². The van der Waals surface area contributed by atoms with Gasteiger partial charge in [-0.1, -0.05) is 0 Å². The van der Waals surface area contributed by atoms with Crippen molar-refractivity contribution in [3.63, 3.8) is 0 Å². The fourth-order valence-corrected chi connectivity index (χ4v) is 2.43. The van der Waals surface area contributed by atoms with Crippen molar-refractivity contribution in [1.82, 2.24) is 14.9 Å². The highest BCUT2D eigenvalue weighted by atomic mass is 16.5. The number of benzene rings is 1. The van der Waals surface area contributed by atoms with Crippen LogP contribution in [0.25, 0.3) is 10.9 Å². The van der Waals surface area contributed by atoms with Crippen molar-refractivity contribution >= 4 is 16.8 Å². The van der Waals surface area contributed by atoms with Gasteiger partial charge < -0.3 is 19.5 Å². The highest BCUT2D eigenvalue weighted by molar-refractivity contribution is 5.82. The molecule has 142 valence electrons. The molecule has 1 amide bonds. The lowest BCUT2D eigenvalue weighted by atomic mass is 10.2. The van der Waals surface area contributed by atoms with Crippen molar-refractivity contribution in [2.45, 2.75) is 32.9 Å². The molecule has 0 saturated heterocycles. The highest BCUT2D eigenvalue weighted by Crippen LogP contribution is 2.29. The van der Waals surface area contributed by atoms with Crippen molar-refractivity contribution in [1.29, 1.82) is 0 Å². The van der Waals surface area contributed by atoms with Gasteiger partial charge in [-0.25, -0.2) is 4.98 Å². The number of rotatable bonds is 9. The number of fused-ring (bicyclic) bond motifs is 1. The molecule has 1 N–H and O–H groups in total. The van der Waals surface area contributed by atoms with E-state index in [1.54, 1.807) is 12.1 Å². The van der Waals surface area contributed by atoms with Crippen molar-refractivity contribution in [3.05, 3.63) is 28.8 Å². The smallest absolute Gasteiger partial charge is 0.261 e. The van der Waals surface area contributed by atoms with Crippen LogP contribution in [0.15, 0.2) is 23.3 Å². The number of carbonyl (C=O) groups excluding carboxylic acids is 1. The van der Waals surface area contributed by atoms with Gasteiger partial charge in [0.1, 0.15) is 6.54 Å². The molecule has 1 aromatic carbocycles. The van der Waals surface area contributed by atoms with Crippen molar-refractivity contribution in [2.75, 3.05) is 27.4 Å². The number of hydrogen-bond acceptors (Lipinski definition) is 6. The molecule has 0 fully saturated rings. The van der Waals surface area contributed by atoms with Gasteiger partial charge >= 0.3 is 0 Å². The van der Waals surface area contributed by atoms with Gasteiger partial charge in [0.2, 0.25) is 5.91 Å². The normalized spacial score (nSPS) is 11.0. The third-order valence-corrected chi connectivity index (χ3v) is 3.74. The topological polar surface area (TPSA) is 91.7 Å². The van der Waals surface area contributed by atoms with Crippen LogP contribution in [-0.4, -0.2) is 48.9 Å². The number of methoxy groups -OCH3 is 2. The van der Waals surface area contributed by atoms with E-state index in [0.717, 1.165) is 0 Å². The van der Waals surface area contributed by atoms with Crippen molar-refractivity contribution in [3.8, 4) is 11.5 Å². The molecular formula is C18H25N3O5. The lowest BCUT2D eigenvalue weighted by Gasteiger charge is -2.11. The summed E-state index contributed by atoms with van der Waals surface area (Å²) in [5.74, 6) is 0.676. The fourth-order valence-electron chi connectivity index (χ4n) is 2.43. The summed E-state index contributed by atoms with van der Waals surface area (Å²) in [5, 5.41) is 3.13. The maximum atomic E-state index is 12.6. The second kappa shape index (κ2) is 9.19. The lowest BCUT2D eigenvalue weighted by molar-refractivity contribution is -0.121. The van der Waals surface area contributed by atoms with Gasteiger partial charge in [0.25, 0.3) is 5.56 Å². The molecule has 0 aliphatic carbocycles. The number of nitrogens with zero attached hydrogens (tertiary/aromatic N) is 2. The molecule has 1 aromatic heterocycles. The maximum absolute atomic E-state index is 12.6. The third-order valence-electron chi connectivity index (χ3n) is 3.74. The largest absolute Gasteiger partial charge is 0.493 e. The summed E-state index contributed by atoms with van der Waals surface area (Å²) >= 11 is 0. The number of aromatic nitrogens is 2. The Kier molecular flexibility index (Phi) is 6.97. The number of ether oxygens (including phenoxy) is 3. The maximum Gasteiger partial charge on any atom is 0.261 e. The lowest BCUT2D eigenvalue weighted by Crippen LogP contribution is -2.33. The van der Waals surface area contributed by atoms with Crippen LogP contribution < -0.4 is 20.3 Å². The SMILES string of the molecule is COc1cc2ncn(CC(=O)NCCCOC(C)C)c(=O)c2cc1OC. The Hall–Kier alpha value is -2.61. The average Bonchev–Trinajstić information content (AvgIpc) is 2.62. The summed E-state index contributed by atoms with van der Waals surface area (Å²) < 4.78 is 17.1. The number of nitrogens with one attached hydrogen (secondary N) is 1. The van der Waals surface area contributed by atoms with Crippen LogP contribution in [0.5, 0.6) is 11.5 Å². The molecule has 8 nitrogen and oxygen atoms in total. The standard InChI is InChI=1S/C18H25N3O5/c1-12(2)26-7-5-6-19-17(22)10-21-11-20-14-9-16(25-4)15(24-3)8-13(14)18(21)23/h8-9,11-12H,5-7,10H2,1-4H3,(H,19,22). The van der Waals surface area contributed by atoms with Crippen LogP contribution in [0, 0.1) is 0 Å². The van der Waals surface area contributed by atoms with E-state index in [4.69, 9.17) is 14.2 Å². The van der Waals surface area contributed by atoms with Crippen molar-refractivity contribution in [2.24, 2.45) is 0 Å². The van der Waals surface area contributed by atoms with E-state index in [2.05, 4.69) is 10.3 Å². The molecule has 0 radical (unpaired) electrons. The Bertz CT molecular complexity index is 816. The molecule has 0 aliphatic heterocycles. The second-order valence-electron chi connectivity index (χ2n) is 6.03. The minimum Gasteiger partial charge on any atom is -0.493 e. The monoisotopic (exact) mass is 363 g/mol. The first-order valence-electron chi connectivity index (χ1n) is 8.45.